The van der Waals surface area contributed by atoms with Crippen molar-refractivity contribution < 1.29 is 19.1 Å². The molecule has 3 rings (SSSR count). The van der Waals surface area contributed by atoms with Crippen molar-refractivity contribution >= 4 is 50.9 Å². The minimum Gasteiger partial charge on any atom is -0.465 e. The number of halogens is 1. The maximum absolute atomic E-state index is 12.4. The lowest BCUT2D eigenvalue weighted by molar-refractivity contribution is -0.113. The van der Waals surface area contributed by atoms with E-state index in [0.717, 1.165) is 28.1 Å². The van der Waals surface area contributed by atoms with Crippen molar-refractivity contribution in [3.05, 3.63) is 52.5 Å². The van der Waals surface area contributed by atoms with Crippen LogP contribution in [0.15, 0.2) is 51.8 Å². The molecule has 0 unspecified atom stereocenters. The van der Waals surface area contributed by atoms with E-state index in [1.807, 2.05) is 30.3 Å². The fourth-order valence-corrected chi connectivity index (χ4v) is 3.77. The lowest BCUT2D eigenvalue weighted by Gasteiger charge is -2.29. The molecule has 1 heterocycles. The van der Waals surface area contributed by atoms with Gasteiger partial charge in [0.1, 0.15) is 0 Å². The van der Waals surface area contributed by atoms with E-state index in [-0.39, 0.29) is 11.7 Å². The van der Waals surface area contributed by atoms with Crippen LogP contribution in [0.25, 0.3) is 0 Å². The number of morpholine rings is 1. The number of ether oxygens (including phenoxy) is 2. The highest BCUT2D eigenvalue weighted by atomic mass is 79.9. The zero-order valence-electron chi connectivity index (χ0n) is 15.4. The largest absolute Gasteiger partial charge is 0.465 e. The fourth-order valence-electron chi connectivity index (χ4n) is 2.80. The molecule has 0 aromatic heterocycles. The molecule has 2 aromatic rings. The number of hydrogen-bond acceptors (Lipinski definition) is 6. The summed E-state index contributed by atoms with van der Waals surface area (Å²) in [4.78, 5) is 27.8. The number of rotatable bonds is 6. The second-order valence-electron chi connectivity index (χ2n) is 6.11. The molecule has 8 heteroatoms. The van der Waals surface area contributed by atoms with Crippen LogP contribution in [0.1, 0.15) is 10.4 Å². The van der Waals surface area contributed by atoms with E-state index < -0.39 is 5.97 Å². The van der Waals surface area contributed by atoms with Crippen molar-refractivity contribution in [3.8, 4) is 0 Å². The van der Waals surface area contributed by atoms with E-state index in [1.165, 1.54) is 18.9 Å². The quantitative estimate of drug-likeness (QED) is 0.517. The Morgan fingerprint density at radius 1 is 1.18 bits per heavy atom. The molecule has 28 heavy (non-hydrogen) atoms. The zero-order valence-corrected chi connectivity index (χ0v) is 17.8. The van der Waals surface area contributed by atoms with Gasteiger partial charge >= 0.3 is 5.97 Å². The van der Waals surface area contributed by atoms with Crippen molar-refractivity contribution in [3.63, 3.8) is 0 Å². The minimum absolute atomic E-state index is 0.183. The predicted octanol–water partition coefficient (Wildman–Crippen LogP) is 3.80. The van der Waals surface area contributed by atoms with Crippen LogP contribution in [0.4, 0.5) is 11.4 Å². The molecule has 0 saturated carbocycles. The summed E-state index contributed by atoms with van der Waals surface area (Å²) in [5, 5.41) is 2.82. The molecule has 1 fully saturated rings. The third-order valence-corrected chi connectivity index (χ3v) is 5.78. The van der Waals surface area contributed by atoms with E-state index in [0.29, 0.717) is 24.5 Å². The average Bonchev–Trinajstić information content (AvgIpc) is 2.73. The smallest absolute Gasteiger partial charge is 0.340 e. The lowest BCUT2D eigenvalue weighted by Crippen LogP contribution is -2.36. The van der Waals surface area contributed by atoms with E-state index >= 15 is 0 Å². The van der Waals surface area contributed by atoms with Gasteiger partial charge in [-0.1, -0.05) is 15.9 Å². The molecule has 148 valence electrons. The molecular weight excluding hydrogens is 444 g/mol. The molecule has 1 aliphatic heterocycles. The number of methoxy groups -OCH3 is 1. The Labute approximate surface area is 176 Å². The van der Waals surface area contributed by atoms with Crippen LogP contribution in [0.5, 0.6) is 0 Å². The van der Waals surface area contributed by atoms with Gasteiger partial charge in [-0.05, 0) is 42.5 Å². The summed E-state index contributed by atoms with van der Waals surface area (Å²) in [7, 11) is 1.33. The number of thioether (sulfide) groups is 1. The maximum Gasteiger partial charge on any atom is 0.340 e. The van der Waals surface area contributed by atoms with Gasteiger partial charge in [0.2, 0.25) is 5.91 Å². The van der Waals surface area contributed by atoms with Crippen molar-refractivity contribution in [1.29, 1.82) is 0 Å². The van der Waals surface area contributed by atoms with Gasteiger partial charge in [-0.3, -0.25) is 4.79 Å². The van der Waals surface area contributed by atoms with Gasteiger partial charge < -0.3 is 19.7 Å². The van der Waals surface area contributed by atoms with Gasteiger partial charge in [0.25, 0.3) is 0 Å². The van der Waals surface area contributed by atoms with Crippen molar-refractivity contribution in [1.82, 2.24) is 0 Å². The molecule has 0 bridgehead atoms. The summed E-state index contributed by atoms with van der Waals surface area (Å²) >= 11 is 4.82. The van der Waals surface area contributed by atoms with Crippen LogP contribution in [0.2, 0.25) is 0 Å². The number of hydrogen-bond donors (Lipinski definition) is 1. The molecule has 0 spiro atoms. The first kappa shape index (κ1) is 20.7. The Morgan fingerprint density at radius 3 is 2.57 bits per heavy atom. The first-order valence-corrected chi connectivity index (χ1v) is 10.6. The highest BCUT2D eigenvalue weighted by Crippen LogP contribution is 2.26. The number of nitrogens with one attached hydrogen (secondary N) is 1. The second kappa shape index (κ2) is 9.95. The van der Waals surface area contributed by atoms with E-state index in [2.05, 4.69) is 26.1 Å². The fraction of sp³-hybridized carbons (Fsp3) is 0.300. The van der Waals surface area contributed by atoms with Crippen LogP contribution < -0.4 is 10.2 Å². The number of carbonyl (C=O) groups is 2. The highest BCUT2D eigenvalue weighted by Gasteiger charge is 2.18. The van der Waals surface area contributed by atoms with Gasteiger partial charge in [0, 0.05) is 28.1 Å². The summed E-state index contributed by atoms with van der Waals surface area (Å²) < 4.78 is 11.3. The molecule has 1 amide bonds. The van der Waals surface area contributed by atoms with Crippen LogP contribution >= 0.6 is 27.7 Å². The van der Waals surface area contributed by atoms with Crippen LogP contribution in [-0.4, -0.2) is 51.0 Å². The number of carbonyl (C=O) groups excluding carboxylic acids is 2. The Hall–Kier alpha value is -2.03. The Balaban J connectivity index is 1.69. The van der Waals surface area contributed by atoms with Gasteiger partial charge in [-0.15, -0.1) is 11.8 Å². The normalized spacial score (nSPS) is 13.9. The monoisotopic (exact) mass is 464 g/mol. The molecule has 0 radical (unpaired) electrons. The molecule has 0 aliphatic carbocycles. The molecule has 2 aromatic carbocycles. The number of esters is 1. The third kappa shape index (κ3) is 5.50. The van der Waals surface area contributed by atoms with Crippen molar-refractivity contribution in [2.24, 2.45) is 0 Å². The average molecular weight is 465 g/mol. The summed E-state index contributed by atoms with van der Waals surface area (Å²) in [5.74, 6) is -0.420. The Kier molecular flexibility index (Phi) is 7.36. The highest BCUT2D eigenvalue weighted by molar-refractivity contribution is 9.10. The number of anilines is 2. The van der Waals surface area contributed by atoms with Gasteiger partial charge in [-0.25, -0.2) is 4.79 Å². The summed E-state index contributed by atoms with van der Waals surface area (Å²) in [6, 6.07) is 13.2. The standard InChI is InChI=1S/C20H21BrN2O4S/c1-26-20(25)17-12-15(23-8-10-27-11-9-23)4-7-18(17)22-19(24)13-28-16-5-2-14(21)3-6-16/h2-7,12H,8-11,13H2,1H3,(H,22,24). The van der Waals surface area contributed by atoms with Crippen LogP contribution in [0.3, 0.4) is 0 Å². The third-order valence-electron chi connectivity index (χ3n) is 4.24. The number of benzene rings is 2. The van der Waals surface area contributed by atoms with Crippen LogP contribution in [-0.2, 0) is 14.3 Å². The summed E-state index contributed by atoms with van der Waals surface area (Å²) in [5.41, 5.74) is 1.70. The van der Waals surface area contributed by atoms with Gasteiger partial charge in [0.05, 0.1) is 37.3 Å². The first-order valence-electron chi connectivity index (χ1n) is 8.80. The molecular formula is C20H21BrN2O4S. The molecule has 1 saturated heterocycles. The topological polar surface area (TPSA) is 67.9 Å². The molecule has 1 aliphatic rings. The number of amides is 1. The van der Waals surface area contributed by atoms with Gasteiger partial charge in [-0.2, -0.15) is 0 Å². The first-order chi connectivity index (χ1) is 13.6. The van der Waals surface area contributed by atoms with Crippen LogP contribution in [0, 0.1) is 0 Å². The SMILES string of the molecule is COC(=O)c1cc(N2CCOCC2)ccc1NC(=O)CSc1ccc(Br)cc1. The zero-order chi connectivity index (χ0) is 19.9. The Morgan fingerprint density at radius 2 is 1.89 bits per heavy atom. The van der Waals surface area contributed by atoms with E-state index in [1.54, 1.807) is 12.1 Å². The van der Waals surface area contributed by atoms with E-state index in [4.69, 9.17) is 9.47 Å². The summed E-state index contributed by atoms with van der Waals surface area (Å²) in [6.45, 7) is 2.82. The lowest BCUT2D eigenvalue weighted by atomic mass is 10.1. The van der Waals surface area contributed by atoms with E-state index in [9.17, 15) is 9.59 Å². The minimum atomic E-state index is -0.481. The Bertz CT molecular complexity index is 839. The van der Waals surface area contributed by atoms with Crippen molar-refractivity contribution in [2.45, 2.75) is 4.90 Å². The predicted molar refractivity (Wildman–Crippen MR) is 114 cm³/mol. The molecule has 0 atom stereocenters. The number of nitrogens with zero attached hydrogens (tertiary/aromatic N) is 1. The second-order valence-corrected chi connectivity index (χ2v) is 8.08. The maximum atomic E-state index is 12.4. The summed E-state index contributed by atoms with van der Waals surface area (Å²) in [6.07, 6.45) is 0. The van der Waals surface area contributed by atoms with Crippen molar-refractivity contribution in [2.75, 3.05) is 49.4 Å². The molecule has 1 N–H and O–H groups in total. The van der Waals surface area contributed by atoms with Gasteiger partial charge in [0.15, 0.2) is 0 Å². The molecule has 6 nitrogen and oxygen atoms in total.